The van der Waals surface area contributed by atoms with Gasteiger partial charge < -0.3 is 48.5 Å². The summed E-state index contributed by atoms with van der Waals surface area (Å²) in [5.74, 6) is -5.06. The van der Waals surface area contributed by atoms with E-state index >= 15 is 0 Å². The zero-order chi connectivity index (χ0) is 42.0. The molecule has 2 N–H and O–H groups in total. The first-order valence-electron chi connectivity index (χ1n) is 16.3. The van der Waals surface area contributed by atoms with E-state index < -0.39 is 112 Å². The Labute approximate surface area is 322 Å². The summed E-state index contributed by atoms with van der Waals surface area (Å²) in [5.41, 5.74) is -1.93. The maximum atomic E-state index is 12.7. The number of rotatable bonds is 26. The molecule has 0 spiro atoms. The summed E-state index contributed by atoms with van der Waals surface area (Å²) in [4.78, 5) is 96.2. The molecule has 0 heterocycles. The number of hydrogen-bond donors (Lipinski definition) is 2. The first-order valence-corrected chi connectivity index (χ1v) is 16.3. The number of esters is 6. The number of carbonyl (C=O) groups excluding carboxylic acids is 8. The lowest BCUT2D eigenvalue weighted by Crippen LogP contribution is -2.44. The third-order valence-electron chi connectivity index (χ3n) is 7.01. The molecule has 0 aliphatic heterocycles. The van der Waals surface area contributed by atoms with E-state index in [1.54, 1.807) is 24.3 Å². The Hall–Kier alpha value is -6.98. The molecule has 302 valence electrons. The van der Waals surface area contributed by atoms with Crippen molar-refractivity contribution < 1.29 is 76.3 Å². The SMILES string of the molecule is C=CC(=O)OCC(COC(=O)C=C)(COC(=O)C=C)COC(=O)NCc1cccc(CNC(=O)OCC(COC(=O)C=C)(COC(=O)C=C)COC(=O)C=C)c1. The van der Waals surface area contributed by atoms with Crippen molar-refractivity contribution in [3.05, 3.63) is 111 Å². The minimum absolute atomic E-state index is 0.0642. The van der Waals surface area contributed by atoms with Gasteiger partial charge in [-0.2, -0.15) is 0 Å². The van der Waals surface area contributed by atoms with E-state index in [0.29, 0.717) is 11.1 Å². The van der Waals surface area contributed by atoms with Gasteiger partial charge >= 0.3 is 48.0 Å². The summed E-state index contributed by atoms with van der Waals surface area (Å²) in [7, 11) is 0. The highest BCUT2D eigenvalue weighted by Gasteiger charge is 2.39. The molecule has 1 rings (SSSR count). The lowest BCUT2D eigenvalue weighted by atomic mass is 9.92. The quantitative estimate of drug-likeness (QED) is 0.0780. The fourth-order valence-corrected chi connectivity index (χ4v) is 3.94. The second kappa shape index (κ2) is 25.1. The molecule has 1 aromatic rings. The molecule has 0 fully saturated rings. The van der Waals surface area contributed by atoms with Crippen molar-refractivity contribution in [2.24, 2.45) is 10.8 Å². The van der Waals surface area contributed by atoms with Crippen LogP contribution in [0, 0.1) is 10.8 Å². The molecule has 0 saturated carbocycles. The molecule has 0 saturated heterocycles. The molecule has 18 heteroatoms. The van der Waals surface area contributed by atoms with Crippen molar-refractivity contribution in [3.8, 4) is 0 Å². The van der Waals surface area contributed by atoms with E-state index in [2.05, 4.69) is 50.1 Å². The van der Waals surface area contributed by atoms with Crippen LogP contribution in [0.2, 0.25) is 0 Å². The van der Waals surface area contributed by atoms with Crippen molar-refractivity contribution in [2.45, 2.75) is 13.1 Å². The molecular weight excluding hydrogens is 740 g/mol. The Morgan fingerprint density at radius 3 is 0.893 bits per heavy atom. The number of hydrogen-bond acceptors (Lipinski definition) is 16. The largest absolute Gasteiger partial charge is 0.462 e. The van der Waals surface area contributed by atoms with Crippen LogP contribution >= 0.6 is 0 Å². The fraction of sp³-hybridized carbons (Fsp3) is 0.316. The molecule has 0 aliphatic carbocycles. The first kappa shape index (κ1) is 47.0. The Bertz CT molecular complexity index is 1410. The number of benzene rings is 1. The maximum Gasteiger partial charge on any atom is 0.407 e. The van der Waals surface area contributed by atoms with Crippen LogP contribution in [0.15, 0.2) is 100 Å². The summed E-state index contributed by atoms with van der Waals surface area (Å²) in [6.45, 7) is 15.6. The third-order valence-corrected chi connectivity index (χ3v) is 7.01. The predicted molar refractivity (Wildman–Crippen MR) is 195 cm³/mol. The first-order chi connectivity index (χ1) is 26.7. The molecule has 18 nitrogen and oxygen atoms in total. The molecule has 0 atom stereocenters. The molecule has 0 radical (unpaired) electrons. The summed E-state index contributed by atoms with van der Waals surface area (Å²) in [5, 5.41) is 5.06. The van der Waals surface area contributed by atoms with Crippen LogP contribution in [-0.4, -0.2) is 101 Å². The maximum absolute atomic E-state index is 12.7. The average Bonchev–Trinajstić information content (AvgIpc) is 3.22. The lowest BCUT2D eigenvalue weighted by molar-refractivity contribution is -0.161. The molecule has 1 aromatic carbocycles. The Kier molecular flexibility index (Phi) is 21.1. The van der Waals surface area contributed by atoms with Crippen LogP contribution in [-0.2, 0) is 79.8 Å². The van der Waals surface area contributed by atoms with Crippen LogP contribution in [0.5, 0.6) is 0 Å². The van der Waals surface area contributed by atoms with E-state index in [1.807, 2.05) is 0 Å². The van der Waals surface area contributed by atoms with Gasteiger partial charge in [0.15, 0.2) is 0 Å². The van der Waals surface area contributed by atoms with Gasteiger partial charge in [0, 0.05) is 49.5 Å². The Morgan fingerprint density at radius 1 is 0.429 bits per heavy atom. The van der Waals surface area contributed by atoms with Crippen LogP contribution in [0.4, 0.5) is 9.59 Å². The zero-order valence-electron chi connectivity index (χ0n) is 30.6. The molecule has 2 amide bonds. The molecule has 0 unspecified atom stereocenters. The van der Waals surface area contributed by atoms with Crippen LogP contribution < -0.4 is 10.6 Å². The standard InChI is InChI=1S/C38H44N2O16/c1-7-29(41)49-19-37(20-50-30(42)8-2,21-51-31(43)9-3)25-55-35(47)39-17-27-14-13-15-28(16-27)18-40-36(48)56-26-38(22-52-32(44)10-4,23-53-33(45)11-5)24-54-34(46)12-6/h7-16H,1-6,17-26H2,(H,39,47)(H,40,48). The van der Waals surface area contributed by atoms with E-state index in [0.717, 1.165) is 36.5 Å². The molecule has 0 bridgehead atoms. The lowest BCUT2D eigenvalue weighted by Gasteiger charge is -2.31. The van der Waals surface area contributed by atoms with Gasteiger partial charge in [0.05, 0.1) is 0 Å². The highest BCUT2D eigenvalue weighted by atomic mass is 16.6. The molecule has 56 heavy (non-hydrogen) atoms. The van der Waals surface area contributed by atoms with Crippen molar-refractivity contribution >= 4 is 48.0 Å². The monoisotopic (exact) mass is 784 g/mol. The highest BCUT2D eigenvalue weighted by Crippen LogP contribution is 2.23. The minimum atomic E-state index is -1.53. The van der Waals surface area contributed by atoms with E-state index in [-0.39, 0.29) is 13.1 Å². The zero-order valence-corrected chi connectivity index (χ0v) is 30.6. The number of carbonyl (C=O) groups is 8. The second-order valence-electron chi connectivity index (χ2n) is 11.6. The van der Waals surface area contributed by atoms with Gasteiger partial charge in [-0.05, 0) is 11.1 Å². The number of nitrogens with one attached hydrogen (secondary N) is 2. The summed E-state index contributed by atoms with van der Waals surface area (Å²) in [6.07, 6.45) is 3.40. The fourth-order valence-electron chi connectivity index (χ4n) is 3.94. The predicted octanol–water partition coefficient (Wildman–Crippen LogP) is 2.49. The molecule has 0 aliphatic rings. The number of ether oxygens (including phenoxy) is 8. The number of amides is 2. The normalized spacial score (nSPS) is 10.4. The third kappa shape index (κ3) is 18.7. The van der Waals surface area contributed by atoms with Crippen LogP contribution in [0.3, 0.4) is 0 Å². The van der Waals surface area contributed by atoms with E-state index in [9.17, 15) is 38.4 Å². The van der Waals surface area contributed by atoms with E-state index in [4.69, 9.17) is 37.9 Å². The Balaban J connectivity index is 2.97. The van der Waals surface area contributed by atoms with E-state index in [1.165, 1.54) is 0 Å². The van der Waals surface area contributed by atoms with Crippen molar-refractivity contribution in [3.63, 3.8) is 0 Å². The topological polar surface area (TPSA) is 234 Å². The summed E-state index contributed by atoms with van der Waals surface area (Å²) < 4.78 is 41.3. The Morgan fingerprint density at radius 2 is 0.661 bits per heavy atom. The average molecular weight is 785 g/mol. The smallest absolute Gasteiger partial charge is 0.407 e. The number of alkyl carbamates (subject to hydrolysis) is 2. The van der Waals surface area contributed by atoms with Crippen LogP contribution in [0.25, 0.3) is 0 Å². The van der Waals surface area contributed by atoms with Gasteiger partial charge in [-0.25, -0.2) is 38.4 Å². The molecule has 0 aromatic heterocycles. The van der Waals surface area contributed by atoms with Gasteiger partial charge in [0.2, 0.25) is 0 Å². The second-order valence-corrected chi connectivity index (χ2v) is 11.6. The molecular formula is C38H44N2O16. The van der Waals surface area contributed by atoms with Gasteiger partial charge in [-0.15, -0.1) is 0 Å². The van der Waals surface area contributed by atoms with Crippen molar-refractivity contribution in [1.82, 2.24) is 10.6 Å². The highest BCUT2D eigenvalue weighted by molar-refractivity contribution is 5.83. The van der Waals surface area contributed by atoms with Crippen LogP contribution in [0.1, 0.15) is 11.1 Å². The van der Waals surface area contributed by atoms with Crippen molar-refractivity contribution in [1.29, 1.82) is 0 Å². The summed E-state index contributed by atoms with van der Waals surface area (Å²) in [6, 6.07) is 6.62. The van der Waals surface area contributed by atoms with Gasteiger partial charge in [0.1, 0.15) is 63.7 Å². The van der Waals surface area contributed by atoms with Gasteiger partial charge in [-0.3, -0.25) is 0 Å². The van der Waals surface area contributed by atoms with Crippen molar-refractivity contribution in [2.75, 3.05) is 52.9 Å². The summed E-state index contributed by atoms with van der Waals surface area (Å²) >= 11 is 0. The van der Waals surface area contributed by atoms with Gasteiger partial charge in [-0.1, -0.05) is 63.7 Å². The minimum Gasteiger partial charge on any atom is -0.462 e. The van der Waals surface area contributed by atoms with Gasteiger partial charge in [0.25, 0.3) is 0 Å².